The molecule has 0 unspecified atom stereocenters. The van der Waals surface area contributed by atoms with E-state index in [1.54, 1.807) is 61.5 Å². The Kier molecular flexibility index (Phi) is 8.10. The summed E-state index contributed by atoms with van der Waals surface area (Å²) in [6.45, 7) is 2.92. The Morgan fingerprint density at radius 3 is 2.64 bits per heavy atom. The average Bonchev–Trinajstić information content (AvgIpc) is 2.89. The fourth-order valence-corrected chi connectivity index (χ4v) is 4.59. The first-order chi connectivity index (χ1) is 17.4. The smallest absolute Gasteiger partial charge is 0.257 e. The minimum atomic E-state index is -0.334. The fourth-order valence-electron chi connectivity index (χ4n) is 4.59. The van der Waals surface area contributed by atoms with Crippen LogP contribution in [0, 0.1) is 0 Å². The number of carbonyl (C=O) groups is 3. The Morgan fingerprint density at radius 1 is 1.14 bits per heavy atom. The number of anilines is 1. The van der Waals surface area contributed by atoms with Crippen LogP contribution < -0.4 is 20.1 Å². The van der Waals surface area contributed by atoms with Crippen LogP contribution >= 0.6 is 0 Å². The molecule has 9 heteroatoms. The van der Waals surface area contributed by atoms with Crippen molar-refractivity contribution in [2.45, 2.75) is 50.9 Å². The molecule has 0 saturated carbocycles. The monoisotopic (exact) mass is 495 g/mol. The second-order valence-electron chi connectivity index (χ2n) is 9.12. The van der Waals surface area contributed by atoms with Gasteiger partial charge in [-0.15, -0.1) is 0 Å². The summed E-state index contributed by atoms with van der Waals surface area (Å²) < 4.78 is 17.3. The van der Waals surface area contributed by atoms with Crippen LogP contribution in [0.25, 0.3) is 0 Å². The number of benzene rings is 2. The van der Waals surface area contributed by atoms with Crippen molar-refractivity contribution in [2.75, 3.05) is 32.6 Å². The molecule has 9 nitrogen and oxygen atoms in total. The first kappa shape index (κ1) is 25.5. The number of ether oxygens (including phenoxy) is 3. The van der Waals surface area contributed by atoms with Crippen molar-refractivity contribution in [3.05, 3.63) is 53.6 Å². The van der Waals surface area contributed by atoms with Gasteiger partial charge in [0.1, 0.15) is 24.2 Å². The zero-order valence-corrected chi connectivity index (χ0v) is 20.9. The van der Waals surface area contributed by atoms with Crippen LogP contribution in [0.4, 0.5) is 5.69 Å². The molecule has 2 aliphatic heterocycles. The van der Waals surface area contributed by atoms with E-state index in [9.17, 15) is 14.4 Å². The lowest BCUT2D eigenvalue weighted by atomic mass is 9.94. The molecule has 1 fully saturated rings. The minimum Gasteiger partial charge on any atom is -0.497 e. The summed E-state index contributed by atoms with van der Waals surface area (Å²) in [5.74, 6) is 0.572. The molecule has 3 amide bonds. The molecule has 2 aliphatic rings. The highest BCUT2D eigenvalue weighted by atomic mass is 16.5. The summed E-state index contributed by atoms with van der Waals surface area (Å²) in [5, 5.41) is 5.73. The Hall–Kier alpha value is -3.59. The molecule has 2 N–H and O–H groups in total. The standard InChI is InChI=1S/C27H33N3O6/c1-4-13-28-25(31)15-20-10-11-22-24(36-20)16-35-23-12-7-18(14-21(23)27(33)30(22)2)29-26(32)17-5-8-19(34-3)9-6-17/h5-9,12,14,20,22,24H,4,10-11,13,15-16H2,1-3H3,(H,28,31)(H,29,32)/t20-,22+,24-/m0/s1. The Balaban J connectivity index is 1.45. The number of hydrogen-bond donors (Lipinski definition) is 2. The Bertz CT molecular complexity index is 1100. The van der Waals surface area contributed by atoms with Gasteiger partial charge in [0, 0.05) is 24.8 Å². The van der Waals surface area contributed by atoms with Gasteiger partial charge in [-0.3, -0.25) is 14.4 Å². The molecule has 0 spiro atoms. The van der Waals surface area contributed by atoms with Crippen molar-refractivity contribution in [1.82, 2.24) is 10.2 Å². The molecule has 3 atom stereocenters. The van der Waals surface area contributed by atoms with Gasteiger partial charge in [-0.2, -0.15) is 0 Å². The van der Waals surface area contributed by atoms with E-state index in [1.165, 1.54) is 0 Å². The van der Waals surface area contributed by atoms with Crippen molar-refractivity contribution in [3.8, 4) is 11.5 Å². The summed E-state index contributed by atoms with van der Waals surface area (Å²) in [5.41, 5.74) is 1.35. The highest BCUT2D eigenvalue weighted by Crippen LogP contribution is 2.32. The summed E-state index contributed by atoms with van der Waals surface area (Å²) >= 11 is 0. The van der Waals surface area contributed by atoms with Crippen molar-refractivity contribution >= 4 is 23.4 Å². The van der Waals surface area contributed by atoms with E-state index < -0.39 is 0 Å². The molecule has 0 aromatic heterocycles. The minimum absolute atomic E-state index is 0.0222. The zero-order chi connectivity index (χ0) is 25.7. The SMILES string of the molecule is CCCNC(=O)C[C@@H]1CC[C@@H]2[C@H](COc3ccc(NC(=O)c4ccc(OC)cc4)cc3C(=O)N2C)O1. The molecule has 36 heavy (non-hydrogen) atoms. The molecule has 0 radical (unpaired) electrons. The van der Waals surface area contributed by atoms with Gasteiger partial charge in [0.15, 0.2) is 0 Å². The van der Waals surface area contributed by atoms with Crippen LogP contribution in [0.15, 0.2) is 42.5 Å². The van der Waals surface area contributed by atoms with Crippen LogP contribution in [0.5, 0.6) is 11.5 Å². The average molecular weight is 496 g/mol. The number of amides is 3. The topological polar surface area (TPSA) is 106 Å². The van der Waals surface area contributed by atoms with Crippen LogP contribution in [-0.2, 0) is 9.53 Å². The largest absolute Gasteiger partial charge is 0.497 e. The Labute approximate surface area is 211 Å². The lowest BCUT2D eigenvalue weighted by Crippen LogP contribution is -2.54. The maximum Gasteiger partial charge on any atom is 0.257 e. The van der Waals surface area contributed by atoms with Crippen molar-refractivity contribution in [1.29, 1.82) is 0 Å². The van der Waals surface area contributed by atoms with Crippen molar-refractivity contribution < 1.29 is 28.6 Å². The van der Waals surface area contributed by atoms with Gasteiger partial charge in [0.25, 0.3) is 11.8 Å². The molecule has 2 heterocycles. The van der Waals surface area contributed by atoms with Crippen LogP contribution in [0.3, 0.4) is 0 Å². The second-order valence-corrected chi connectivity index (χ2v) is 9.12. The van der Waals surface area contributed by atoms with E-state index in [0.717, 1.165) is 6.42 Å². The maximum atomic E-state index is 13.4. The summed E-state index contributed by atoms with van der Waals surface area (Å²) in [6.07, 6.45) is 2.04. The van der Waals surface area contributed by atoms with Crippen molar-refractivity contribution in [3.63, 3.8) is 0 Å². The number of nitrogens with zero attached hydrogens (tertiary/aromatic N) is 1. The third-order valence-electron chi connectivity index (χ3n) is 6.61. The predicted octanol–water partition coefficient (Wildman–Crippen LogP) is 3.24. The molecule has 2 aromatic rings. The first-order valence-electron chi connectivity index (χ1n) is 12.3. The number of rotatable bonds is 7. The number of fused-ring (bicyclic) bond motifs is 2. The molecule has 192 valence electrons. The number of methoxy groups -OCH3 is 1. The molecule has 0 bridgehead atoms. The third kappa shape index (κ3) is 5.79. The number of carbonyl (C=O) groups excluding carboxylic acids is 3. The second kappa shape index (κ2) is 11.4. The van der Waals surface area contributed by atoms with Crippen LogP contribution in [0.1, 0.15) is 53.3 Å². The maximum absolute atomic E-state index is 13.4. The lowest BCUT2D eigenvalue weighted by Gasteiger charge is -2.42. The number of nitrogens with one attached hydrogen (secondary N) is 2. The fraction of sp³-hybridized carbons (Fsp3) is 0.444. The summed E-state index contributed by atoms with van der Waals surface area (Å²) in [6, 6.07) is 11.6. The molecule has 1 saturated heterocycles. The van der Waals surface area contributed by atoms with Gasteiger partial charge in [-0.1, -0.05) is 6.92 Å². The summed E-state index contributed by atoms with van der Waals surface area (Å²) in [7, 11) is 3.32. The van der Waals surface area contributed by atoms with Crippen LogP contribution in [-0.4, -0.2) is 68.2 Å². The molecule has 0 aliphatic carbocycles. The van der Waals surface area contributed by atoms with Gasteiger partial charge in [0.2, 0.25) is 5.91 Å². The number of hydrogen-bond acceptors (Lipinski definition) is 6. The van der Waals surface area contributed by atoms with Gasteiger partial charge in [-0.05, 0) is 61.7 Å². The third-order valence-corrected chi connectivity index (χ3v) is 6.61. The van der Waals surface area contributed by atoms with E-state index >= 15 is 0 Å². The van der Waals surface area contributed by atoms with Gasteiger partial charge >= 0.3 is 0 Å². The van der Waals surface area contributed by atoms with Crippen molar-refractivity contribution in [2.24, 2.45) is 0 Å². The predicted molar refractivity (Wildman–Crippen MR) is 135 cm³/mol. The highest BCUT2D eigenvalue weighted by Gasteiger charge is 2.39. The van der Waals surface area contributed by atoms with E-state index in [0.29, 0.717) is 54.1 Å². The zero-order valence-electron chi connectivity index (χ0n) is 20.9. The molecular formula is C27H33N3O6. The van der Waals surface area contributed by atoms with E-state index in [4.69, 9.17) is 14.2 Å². The highest BCUT2D eigenvalue weighted by molar-refractivity contribution is 6.05. The molecular weight excluding hydrogens is 462 g/mol. The first-order valence-corrected chi connectivity index (χ1v) is 12.3. The summed E-state index contributed by atoms with van der Waals surface area (Å²) in [4.78, 5) is 39.9. The van der Waals surface area contributed by atoms with Crippen LogP contribution in [0.2, 0.25) is 0 Å². The van der Waals surface area contributed by atoms with E-state index in [-0.39, 0.29) is 42.6 Å². The van der Waals surface area contributed by atoms with E-state index in [1.807, 2.05) is 6.92 Å². The van der Waals surface area contributed by atoms with Gasteiger partial charge in [-0.25, -0.2) is 0 Å². The quantitative estimate of drug-likeness (QED) is 0.611. The molecule has 2 aromatic carbocycles. The Morgan fingerprint density at radius 2 is 1.92 bits per heavy atom. The normalized spacial score (nSPS) is 21.2. The molecule has 4 rings (SSSR count). The van der Waals surface area contributed by atoms with Gasteiger partial charge < -0.3 is 29.7 Å². The number of likely N-dealkylation sites (N-methyl/N-ethyl adjacent to an activating group) is 1. The van der Waals surface area contributed by atoms with Gasteiger partial charge in [0.05, 0.1) is 31.2 Å². The lowest BCUT2D eigenvalue weighted by molar-refractivity contribution is -0.134. The van der Waals surface area contributed by atoms with E-state index in [2.05, 4.69) is 10.6 Å².